The zero-order valence-electron chi connectivity index (χ0n) is 8.03. The Morgan fingerprint density at radius 3 is 3.00 bits per heavy atom. The van der Waals surface area contributed by atoms with Gasteiger partial charge in [0, 0.05) is 18.2 Å². The third-order valence-corrected chi connectivity index (χ3v) is 1.96. The van der Waals surface area contributed by atoms with Gasteiger partial charge in [-0.1, -0.05) is 11.6 Å². The van der Waals surface area contributed by atoms with Crippen molar-refractivity contribution in [3.63, 3.8) is 0 Å². The molecule has 1 N–H and O–H groups in total. The molecule has 0 radical (unpaired) electrons. The molecule has 74 valence electrons. The van der Waals surface area contributed by atoms with Crippen LogP contribution in [0.25, 0.3) is 5.65 Å². The molecule has 0 bridgehead atoms. The Kier molecular flexibility index (Phi) is 2.29. The highest BCUT2D eigenvalue weighted by molar-refractivity contribution is 6.29. The second-order valence-corrected chi connectivity index (χ2v) is 3.75. The molecule has 14 heavy (non-hydrogen) atoms. The molecule has 2 heterocycles. The molecule has 0 atom stereocenters. The van der Waals surface area contributed by atoms with Crippen molar-refractivity contribution in [1.82, 2.24) is 14.6 Å². The van der Waals surface area contributed by atoms with Gasteiger partial charge in [0.05, 0.1) is 6.20 Å². The van der Waals surface area contributed by atoms with E-state index in [-0.39, 0.29) is 0 Å². The minimum absolute atomic E-state index is 0.334. The summed E-state index contributed by atoms with van der Waals surface area (Å²) in [6.07, 6.45) is 1.70. The second kappa shape index (κ2) is 3.46. The van der Waals surface area contributed by atoms with Crippen molar-refractivity contribution < 1.29 is 0 Å². The summed E-state index contributed by atoms with van der Waals surface area (Å²) >= 11 is 5.87. The van der Waals surface area contributed by atoms with Crippen LogP contribution in [0.15, 0.2) is 18.3 Å². The maximum Gasteiger partial charge on any atom is 0.159 e. The number of hydrogen-bond donors (Lipinski definition) is 1. The molecule has 4 nitrogen and oxygen atoms in total. The van der Waals surface area contributed by atoms with Crippen LogP contribution < -0.4 is 5.32 Å². The van der Waals surface area contributed by atoms with Crippen LogP contribution in [0, 0.1) is 0 Å². The molecule has 0 aliphatic rings. The molecule has 0 aliphatic carbocycles. The van der Waals surface area contributed by atoms with Gasteiger partial charge in [-0.05, 0) is 13.8 Å². The van der Waals surface area contributed by atoms with E-state index < -0.39 is 0 Å². The van der Waals surface area contributed by atoms with Crippen LogP contribution in [0.3, 0.4) is 0 Å². The van der Waals surface area contributed by atoms with Crippen molar-refractivity contribution in [1.29, 1.82) is 0 Å². The summed E-state index contributed by atoms with van der Waals surface area (Å²) in [5, 5.41) is 7.87. The van der Waals surface area contributed by atoms with E-state index in [1.807, 2.05) is 6.07 Å². The zero-order chi connectivity index (χ0) is 10.1. The van der Waals surface area contributed by atoms with Gasteiger partial charge in [0.25, 0.3) is 0 Å². The fraction of sp³-hybridized carbons (Fsp3) is 0.333. The van der Waals surface area contributed by atoms with Gasteiger partial charge in [-0.15, -0.1) is 0 Å². The SMILES string of the molecule is CC(C)Nc1cc(Cl)nc2ccnn12. The Morgan fingerprint density at radius 1 is 1.50 bits per heavy atom. The number of anilines is 1. The summed E-state index contributed by atoms with van der Waals surface area (Å²) in [6.45, 7) is 4.12. The average Bonchev–Trinajstić information content (AvgIpc) is 2.50. The molecule has 0 spiro atoms. The average molecular weight is 211 g/mol. The summed E-state index contributed by atoms with van der Waals surface area (Å²) in [5.41, 5.74) is 0.751. The molecule has 0 fully saturated rings. The maximum absolute atomic E-state index is 5.87. The maximum atomic E-state index is 5.87. The monoisotopic (exact) mass is 210 g/mol. The summed E-state index contributed by atoms with van der Waals surface area (Å²) in [6, 6.07) is 3.92. The van der Waals surface area contributed by atoms with E-state index in [4.69, 9.17) is 11.6 Å². The van der Waals surface area contributed by atoms with Gasteiger partial charge < -0.3 is 5.32 Å². The molecule has 2 rings (SSSR count). The molecule has 0 aliphatic heterocycles. The third kappa shape index (κ3) is 1.65. The predicted octanol–water partition coefficient (Wildman–Crippen LogP) is 2.20. The van der Waals surface area contributed by atoms with Crippen molar-refractivity contribution in [3.8, 4) is 0 Å². The highest BCUT2D eigenvalue weighted by atomic mass is 35.5. The number of fused-ring (bicyclic) bond motifs is 1. The Labute approximate surface area is 86.9 Å². The summed E-state index contributed by atoms with van der Waals surface area (Å²) in [5.74, 6) is 0.861. The molecule has 0 aromatic carbocycles. The Bertz CT molecular complexity index is 449. The van der Waals surface area contributed by atoms with E-state index in [0.717, 1.165) is 11.5 Å². The van der Waals surface area contributed by atoms with Crippen molar-refractivity contribution in [2.45, 2.75) is 19.9 Å². The first-order valence-corrected chi connectivity index (χ1v) is 4.81. The zero-order valence-corrected chi connectivity index (χ0v) is 8.78. The lowest BCUT2D eigenvalue weighted by atomic mass is 10.4. The second-order valence-electron chi connectivity index (χ2n) is 3.36. The topological polar surface area (TPSA) is 42.2 Å². The van der Waals surface area contributed by atoms with Gasteiger partial charge in [-0.2, -0.15) is 9.61 Å². The standard InChI is InChI=1S/C9H11ClN4/c1-6(2)12-9-5-7(10)13-8-3-4-11-14(8)9/h3-6,12H,1-2H3. The van der Waals surface area contributed by atoms with Gasteiger partial charge in [0.1, 0.15) is 11.0 Å². The lowest BCUT2D eigenvalue weighted by molar-refractivity contribution is 0.851. The first-order valence-electron chi connectivity index (χ1n) is 4.43. The summed E-state index contributed by atoms with van der Waals surface area (Å²) < 4.78 is 1.73. The van der Waals surface area contributed by atoms with Gasteiger partial charge in [-0.25, -0.2) is 4.98 Å². The molecule has 2 aromatic heterocycles. The first-order chi connectivity index (χ1) is 6.66. The highest BCUT2D eigenvalue weighted by Gasteiger charge is 2.05. The van der Waals surface area contributed by atoms with Gasteiger partial charge in [0.2, 0.25) is 0 Å². The van der Waals surface area contributed by atoms with Crippen LogP contribution in [0.4, 0.5) is 5.82 Å². The number of halogens is 1. The van der Waals surface area contributed by atoms with Crippen molar-refractivity contribution in [3.05, 3.63) is 23.5 Å². The number of aromatic nitrogens is 3. The fourth-order valence-corrected chi connectivity index (χ4v) is 1.47. The number of nitrogens with zero attached hydrogens (tertiary/aromatic N) is 3. The summed E-state index contributed by atoms with van der Waals surface area (Å²) in [4.78, 5) is 4.13. The smallest absolute Gasteiger partial charge is 0.159 e. The summed E-state index contributed by atoms with van der Waals surface area (Å²) in [7, 11) is 0. The van der Waals surface area contributed by atoms with E-state index in [9.17, 15) is 0 Å². The molecule has 0 saturated heterocycles. The normalized spacial score (nSPS) is 11.1. The molecule has 5 heteroatoms. The Balaban J connectivity index is 2.55. The van der Waals surface area contributed by atoms with Crippen LogP contribution in [0.2, 0.25) is 5.15 Å². The Hall–Kier alpha value is -1.29. The van der Waals surface area contributed by atoms with Crippen LogP contribution in [-0.2, 0) is 0 Å². The number of hydrogen-bond acceptors (Lipinski definition) is 3. The van der Waals surface area contributed by atoms with Crippen LogP contribution in [-0.4, -0.2) is 20.6 Å². The largest absolute Gasteiger partial charge is 0.368 e. The van der Waals surface area contributed by atoms with E-state index >= 15 is 0 Å². The third-order valence-electron chi connectivity index (χ3n) is 1.76. The van der Waals surface area contributed by atoms with Gasteiger partial charge in [-0.3, -0.25) is 0 Å². The molecule has 0 saturated carbocycles. The van der Waals surface area contributed by atoms with E-state index in [2.05, 4.69) is 29.2 Å². The van der Waals surface area contributed by atoms with Crippen molar-refractivity contribution in [2.24, 2.45) is 0 Å². The van der Waals surface area contributed by atoms with Crippen molar-refractivity contribution in [2.75, 3.05) is 5.32 Å². The van der Waals surface area contributed by atoms with E-state index in [1.54, 1.807) is 16.8 Å². The van der Waals surface area contributed by atoms with E-state index in [1.165, 1.54) is 0 Å². The fourth-order valence-electron chi connectivity index (χ4n) is 1.28. The van der Waals surface area contributed by atoms with Crippen molar-refractivity contribution >= 4 is 23.1 Å². The minimum atomic E-state index is 0.334. The molecule has 0 unspecified atom stereocenters. The molecular formula is C9H11ClN4. The highest BCUT2D eigenvalue weighted by Crippen LogP contribution is 2.16. The predicted molar refractivity (Wildman–Crippen MR) is 56.8 cm³/mol. The number of rotatable bonds is 2. The first kappa shape index (κ1) is 9.27. The van der Waals surface area contributed by atoms with Crippen LogP contribution in [0.5, 0.6) is 0 Å². The molecule has 0 amide bonds. The van der Waals surface area contributed by atoms with Crippen LogP contribution in [0.1, 0.15) is 13.8 Å². The Morgan fingerprint density at radius 2 is 2.29 bits per heavy atom. The van der Waals surface area contributed by atoms with Gasteiger partial charge >= 0.3 is 0 Å². The molecule has 2 aromatic rings. The molecular weight excluding hydrogens is 200 g/mol. The lowest BCUT2D eigenvalue weighted by Crippen LogP contribution is -2.13. The van der Waals surface area contributed by atoms with E-state index in [0.29, 0.717) is 11.2 Å². The minimum Gasteiger partial charge on any atom is -0.368 e. The van der Waals surface area contributed by atoms with Gasteiger partial charge in [0.15, 0.2) is 5.65 Å². The lowest BCUT2D eigenvalue weighted by Gasteiger charge is -2.11. The quantitative estimate of drug-likeness (QED) is 0.773. The van der Waals surface area contributed by atoms with Crippen LogP contribution >= 0.6 is 11.6 Å². The number of nitrogens with one attached hydrogen (secondary N) is 1.